The van der Waals surface area contributed by atoms with E-state index in [0.29, 0.717) is 38.5 Å². The fourth-order valence-corrected chi connectivity index (χ4v) is 4.82. The normalized spacial score (nSPS) is 11.0. The van der Waals surface area contributed by atoms with Gasteiger partial charge in [0.25, 0.3) is 5.91 Å². The molecule has 6 nitrogen and oxygen atoms in total. The first-order valence-corrected chi connectivity index (χ1v) is 12.7. The lowest BCUT2D eigenvalue weighted by Crippen LogP contribution is -2.12. The van der Waals surface area contributed by atoms with Crippen molar-refractivity contribution in [3.05, 3.63) is 110 Å². The first-order chi connectivity index (χ1) is 17.4. The van der Waals surface area contributed by atoms with Crippen LogP contribution >= 0.6 is 50.7 Å². The second-order valence-corrected chi connectivity index (χ2v) is 10.0. The monoisotopic (exact) mass is 599 g/mol. The maximum Gasteiger partial charge on any atom is 0.255 e. The van der Waals surface area contributed by atoms with Crippen LogP contribution in [-0.2, 0) is 6.54 Å². The summed E-state index contributed by atoms with van der Waals surface area (Å²) in [6.07, 6.45) is 1.70. The zero-order valence-corrected chi connectivity index (χ0v) is 22.3. The van der Waals surface area contributed by atoms with E-state index < -0.39 is 0 Å². The standard InChI is InChI=1S/C26H17BrCl3N5O/c27-21-14-32-35-24(12-23(34-25(21)35)20-6-1-2-7-22(20)30)31-13-15-4-3-5-19(8-15)33-26(36)16-9-17(28)11-18(29)10-16/h1-12,14,31H,13H2,(H,33,36). The molecule has 0 aliphatic carbocycles. The molecule has 0 atom stereocenters. The van der Waals surface area contributed by atoms with Gasteiger partial charge in [0.15, 0.2) is 5.65 Å². The number of fused-ring (bicyclic) bond motifs is 1. The highest BCUT2D eigenvalue weighted by Crippen LogP contribution is 2.30. The van der Waals surface area contributed by atoms with Gasteiger partial charge in [-0.2, -0.15) is 9.61 Å². The van der Waals surface area contributed by atoms with E-state index in [1.165, 1.54) is 0 Å². The molecule has 5 aromatic rings. The first kappa shape index (κ1) is 24.6. The third-order valence-corrected chi connectivity index (χ3v) is 6.69. The molecule has 3 aromatic carbocycles. The number of aromatic nitrogens is 3. The molecule has 0 fully saturated rings. The van der Waals surface area contributed by atoms with Gasteiger partial charge < -0.3 is 10.6 Å². The smallest absolute Gasteiger partial charge is 0.255 e. The molecule has 36 heavy (non-hydrogen) atoms. The van der Waals surface area contributed by atoms with Crippen LogP contribution in [0.1, 0.15) is 15.9 Å². The molecule has 10 heteroatoms. The highest BCUT2D eigenvalue weighted by molar-refractivity contribution is 9.10. The molecule has 0 radical (unpaired) electrons. The molecule has 0 unspecified atom stereocenters. The van der Waals surface area contributed by atoms with Gasteiger partial charge in [0.2, 0.25) is 0 Å². The van der Waals surface area contributed by atoms with Crippen molar-refractivity contribution in [2.24, 2.45) is 0 Å². The summed E-state index contributed by atoms with van der Waals surface area (Å²) in [4.78, 5) is 17.4. The van der Waals surface area contributed by atoms with Crippen molar-refractivity contribution >= 4 is 73.8 Å². The average Bonchev–Trinajstić information content (AvgIpc) is 3.23. The molecular formula is C26H17BrCl3N5O. The van der Waals surface area contributed by atoms with E-state index in [4.69, 9.17) is 39.8 Å². The van der Waals surface area contributed by atoms with Crippen molar-refractivity contribution in [3.8, 4) is 11.3 Å². The Hall–Kier alpha value is -3.10. The van der Waals surface area contributed by atoms with Gasteiger partial charge in [-0.05, 0) is 57.9 Å². The zero-order valence-electron chi connectivity index (χ0n) is 18.5. The molecule has 0 spiro atoms. The van der Waals surface area contributed by atoms with Gasteiger partial charge in [-0.3, -0.25) is 4.79 Å². The molecule has 0 saturated heterocycles. The second kappa shape index (κ2) is 10.5. The van der Waals surface area contributed by atoms with E-state index in [1.807, 2.05) is 54.6 Å². The summed E-state index contributed by atoms with van der Waals surface area (Å²) in [5.74, 6) is 0.440. The maximum absolute atomic E-state index is 12.7. The molecule has 2 aromatic heterocycles. The number of halogens is 4. The molecule has 0 aliphatic rings. The van der Waals surface area contributed by atoms with Crippen LogP contribution in [0, 0.1) is 0 Å². The molecule has 5 rings (SSSR count). The number of hydrogen-bond donors (Lipinski definition) is 2. The van der Waals surface area contributed by atoms with E-state index in [9.17, 15) is 4.79 Å². The van der Waals surface area contributed by atoms with Gasteiger partial charge in [-0.25, -0.2) is 4.98 Å². The predicted octanol–water partition coefficient (Wildman–Crippen LogP) is 7.98. The largest absolute Gasteiger partial charge is 0.366 e. The molecular weight excluding hydrogens is 585 g/mol. The minimum Gasteiger partial charge on any atom is -0.366 e. The predicted molar refractivity (Wildman–Crippen MR) is 149 cm³/mol. The molecule has 1 amide bonds. The quantitative estimate of drug-likeness (QED) is 0.207. The number of amides is 1. The lowest BCUT2D eigenvalue weighted by molar-refractivity contribution is 0.102. The number of benzene rings is 3. The average molecular weight is 602 g/mol. The molecule has 0 bridgehead atoms. The molecule has 2 N–H and O–H groups in total. The van der Waals surface area contributed by atoms with Crippen molar-refractivity contribution in [1.29, 1.82) is 0 Å². The Morgan fingerprint density at radius 1 is 0.944 bits per heavy atom. The Labute approximate surface area is 230 Å². The van der Waals surface area contributed by atoms with Crippen LogP contribution in [0.4, 0.5) is 11.5 Å². The lowest BCUT2D eigenvalue weighted by atomic mass is 10.1. The zero-order chi connectivity index (χ0) is 25.2. The fourth-order valence-electron chi connectivity index (χ4n) is 3.71. The Bertz CT molecular complexity index is 1580. The summed E-state index contributed by atoms with van der Waals surface area (Å²) in [6.45, 7) is 0.477. The number of carbonyl (C=O) groups excluding carboxylic acids is 1. The summed E-state index contributed by atoms with van der Waals surface area (Å²) in [5, 5.41) is 12.1. The number of hydrogen-bond acceptors (Lipinski definition) is 4. The van der Waals surface area contributed by atoms with Crippen LogP contribution in [0.2, 0.25) is 15.1 Å². The molecule has 0 aliphatic heterocycles. The Morgan fingerprint density at radius 3 is 2.50 bits per heavy atom. The van der Waals surface area contributed by atoms with Crippen molar-refractivity contribution in [2.45, 2.75) is 6.54 Å². The highest BCUT2D eigenvalue weighted by atomic mass is 79.9. The van der Waals surface area contributed by atoms with Crippen LogP contribution in [0.3, 0.4) is 0 Å². The van der Waals surface area contributed by atoms with Gasteiger partial charge in [-0.1, -0.05) is 65.1 Å². The summed E-state index contributed by atoms with van der Waals surface area (Å²) < 4.78 is 2.49. The Kier molecular flexibility index (Phi) is 7.16. The first-order valence-electron chi connectivity index (χ1n) is 10.8. The van der Waals surface area contributed by atoms with Gasteiger partial charge in [0.05, 0.1) is 16.4 Å². The van der Waals surface area contributed by atoms with E-state index in [0.717, 1.165) is 27.1 Å². The summed E-state index contributed by atoms with van der Waals surface area (Å²) in [6, 6.07) is 21.7. The van der Waals surface area contributed by atoms with Crippen LogP contribution in [0.5, 0.6) is 0 Å². The second-order valence-electron chi connectivity index (χ2n) is 7.90. The lowest BCUT2D eigenvalue weighted by Gasteiger charge is -2.13. The fraction of sp³-hybridized carbons (Fsp3) is 0.0385. The number of rotatable bonds is 6. The minimum absolute atomic E-state index is 0.300. The van der Waals surface area contributed by atoms with Crippen molar-refractivity contribution < 1.29 is 4.79 Å². The van der Waals surface area contributed by atoms with E-state index in [1.54, 1.807) is 28.9 Å². The summed E-state index contributed by atoms with van der Waals surface area (Å²) in [5.41, 5.74) is 4.19. The number of nitrogens with one attached hydrogen (secondary N) is 2. The van der Waals surface area contributed by atoms with E-state index in [2.05, 4.69) is 31.7 Å². The molecule has 2 heterocycles. The molecule has 0 saturated carbocycles. The van der Waals surface area contributed by atoms with Crippen LogP contribution in [0.15, 0.2) is 83.5 Å². The third-order valence-electron chi connectivity index (χ3n) is 5.36. The van der Waals surface area contributed by atoms with Crippen LogP contribution < -0.4 is 10.6 Å². The molecule has 180 valence electrons. The Balaban J connectivity index is 1.38. The van der Waals surface area contributed by atoms with Crippen molar-refractivity contribution in [3.63, 3.8) is 0 Å². The van der Waals surface area contributed by atoms with Gasteiger partial charge in [0, 0.05) is 44.5 Å². The summed E-state index contributed by atoms with van der Waals surface area (Å²) >= 11 is 22.0. The number of anilines is 2. The SMILES string of the molecule is O=C(Nc1cccc(CNc2cc(-c3ccccc3Cl)nc3c(Br)cnn23)c1)c1cc(Cl)cc(Cl)c1. The summed E-state index contributed by atoms with van der Waals surface area (Å²) in [7, 11) is 0. The highest BCUT2D eigenvalue weighted by Gasteiger charge is 2.14. The topological polar surface area (TPSA) is 71.3 Å². The Morgan fingerprint density at radius 2 is 1.72 bits per heavy atom. The van der Waals surface area contributed by atoms with Gasteiger partial charge in [0.1, 0.15) is 5.82 Å². The van der Waals surface area contributed by atoms with Crippen LogP contribution in [0.25, 0.3) is 16.9 Å². The maximum atomic E-state index is 12.7. The third kappa shape index (κ3) is 5.34. The number of nitrogens with zero attached hydrogens (tertiary/aromatic N) is 3. The van der Waals surface area contributed by atoms with Crippen LogP contribution in [-0.4, -0.2) is 20.5 Å². The van der Waals surface area contributed by atoms with E-state index in [-0.39, 0.29) is 5.91 Å². The van der Waals surface area contributed by atoms with Crippen molar-refractivity contribution in [2.75, 3.05) is 10.6 Å². The minimum atomic E-state index is -0.300. The van der Waals surface area contributed by atoms with E-state index >= 15 is 0 Å². The van der Waals surface area contributed by atoms with Gasteiger partial charge >= 0.3 is 0 Å². The number of carbonyl (C=O) groups is 1. The van der Waals surface area contributed by atoms with Gasteiger partial charge in [-0.15, -0.1) is 0 Å². The van der Waals surface area contributed by atoms with Crippen molar-refractivity contribution in [1.82, 2.24) is 14.6 Å².